The smallest absolute Gasteiger partial charge is 0.308 e. The van der Waals surface area contributed by atoms with Crippen LogP contribution in [0.5, 0.6) is 11.5 Å². The third kappa shape index (κ3) is 7.90. The molecule has 9 heteroatoms. The van der Waals surface area contributed by atoms with Crippen molar-refractivity contribution in [1.29, 1.82) is 0 Å². The minimum Gasteiger partial charge on any atom is -0.492 e. The highest BCUT2D eigenvalue weighted by atomic mass is 79.9. The number of amides is 2. The molecule has 0 unspecified atom stereocenters. The van der Waals surface area contributed by atoms with E-state index in [1.54, 1.807) is 54.6 Å². The van der Waals surface area contributed by atoms with E-state index in [4.69, 9.17) is 21.1 Å². The Bertz CT molecular complexity index is 1200. The SMILES string of the molecule is CC(=O)Oc1cccc(C(=O)Nc2cccc(NC(=O)CCCOc3ccc(Br)cc3Cl)c2)c1. The van der Waals surface area contributed by atoms with Gasteiger partial charge in [0.25, 0.3) is 5.91 Å². The molecule has 0 aromatic heterocycles. The van der Waals surface area contributed by atoms with Crippen LogP contribution in [0.15, 0.2) is 71.2 Å². The van der Waals surface area contributed by atoms with Crippen LogP contribution in [0.2, 0.25) is 5.02 Å². The van der Waals surface area contributed by atoms with Gasteiger partial charge in [-0.2, -0.15) is 0 Å². The van der Waals surface area contributed by atoms with Gasteiger partial charge in [-0.3, -0.25) is 14.4 Å². The predicted molar refractivity (Wildman–Crippen MR) is 135 cm³/mol. The average molecular weight is 546 g/mol. The quantitative estimate of drug-likeness (QED) is 0.193. The van der Waals surface area contributed by atoms with Crippen molar-refractivity contribution in [2.45, 2.75) is 19.8 Å². The molecule has 7 nitrogen and oxygen atoms in total. The maximum Gasteiger partial charge on any atom is 0.308 e. The van der Waals surface area contributed by atoms with Gasteiger partial charge in [-0.25, -0.2) is 0 Å². The third-order valence-electron chi connectivity index (χ3n) is 4.46. The molecule has 0 saturated carbocycles. The number of halogens is 2. The van der Waals surface area contributed by atoms with E-state index in [0.29, 0.717) is 40.7 Å². The Morgan fingerprint density at radius 2 is 1.68 bits per heavy atom. The third-order valence-corrected chi connectivity index (χ3v) is 5.25. The van der Waals surface area contributed by atoms with Crippen LogP contribution in [0.25, 0.3) is 0 Å². The van der Waals surface area contributed by atoms with E-state index in [2.05, 4.69) is 26.6 Å². The van der Waals surface area contributed by atoms with Crippen molar-refractivity contribution in [1.82, 2.24) is 0 Å². The molecule has 3 aromatic carbocycles. The zero-order valence-corrected chi connectivity index (χ0v) is 20.6. The molecule has 0 radical (unpaired) electrons. The molecule has 0 fully saturated rings. The minimum absolute atomic E-state index is 0.178. The number of hydrogen-bond acceptors (Lipinski definition) is 5. The molecule has 176 valence electrons. The Morgan fingerprint density at radius 1 is 0.941 bits per heavy atom. The van der Waals surface area contributed by atoms with Gasteiger partial charge in [0.1, 0.15) is 11.5 Å². The molecule has 0 spiro atoms. The summed E-state index contributed by atoms with van der Waals surface area (Å²) in [6, 6.07) is 18.4. The molecule has 0 aliphatic rings. The lowest BCUT2D eigenvalue weighted by molar-refractivity contribution is -0.131. The van der Waals surface area contributed by atoms with E-state index in [1.807, 2.05) is 6.07 Å². The normalized spacial score (nSPS) is 10.3. The van der Waals surface area contributed by atoms with E-state index in [1.165, 1.54) is 13.0 Å². The molecular formula is C25H22BrClN2O5. The Labute approximate surface area is 210 Å². The fourth-order valence-electron chi connectivity index (χ4n) is 2.98. The summed E-state index contributed by atoms with van der Waals surface area (Å²) >= 11 is 9.45. The van der Waals surface area contributed by atoms with Crippen molar-refractivity contribution < 1.29 is 23.9 Å². The van der Waals surface area contributed by atoms with E-state index >= 15 is 0 Å². The Balaban J connectivity index is 1.49. The zero-order valence-electron chi connectivity index (χ0n) is 18.3. The second kappa shape index (κ2) is 12.2. The molecule has 2 N–H and O–H groups in total. The Hall–Kier alpha value is -3.36. The summed E-state index contributed by atoms with van der Waals surface area (Å²) in [4.78, 5) is 36.0. The standard InChI is InChI=1S/C25H22BrClN2O5/c1-16(30)34-21-8-2-5-17(13-21)25(32)29-20-7-3-6-19(15-20)28-24(31)9-4-12-33-23-11-10-18(26)14-22(23)27/h2-3,5-8,10-11,13-15H,4,9,12H2,1H3,(H,28,31)(H,29,32). The van der Waals surface area contributed by atoms with Gasteiger partial charge < -0.3 is 20.1 Å². The van der Waals surface area contributed by atoms with Crippen LogP contribution in [-0.2, 0) is 9.59 Å². The van der Waals surface area contributed by atoms with Crippen molar-refractivity contribution in [3.63, 3.8) is 0 Å². The van der Waals surface area contributed by atoms with E-state index in [0.717, 1.165) is 4.47 Å². The lowest BCUT2D eigenvalue weighted by atomic mass is 10.2. The Kier molecular flexibility index (Phi) is 9.07. The summed E-state index contributed by atoms with van der Waals surface area (Å²) in [5, 5.41) is 6.07. The van der Waals surface area contributed by atoms with Gasteiger partial charge >= 0.3 is 5.97 Å². The first-order chi connectivity index (χ1) is 16.3. The minimum atomic E-state index is -0.468. The molecule has 3 rings (SSSR count). The number of ether oxygens (including phenoxy) is 2. The Morgan fingerprint density at radius 3 is 2.41 bits per heavy atom. The van der Waals surface area contributed by atoms with Crippen molar-refractivity contribution in [2.75, 3.05) is 17.2 Å². The second-order valence-electron chi connectivity index (χ2n) is 7.23. The van der Waals surface area contributed by atoms with Gasteiger partial charge in [0, 0.05) is 34.8 Å². The highest BCUT2D eigenvalue weighted by Gasteiger charge is 2.10. The number of hydrogen-bond donors (Lipinski definition) is 2. The summed E-state index contributed by atoms with van der Waals surface area (Å²) in [5.41, 5.74) is 1.39. The van der Waals surface area contributed by atoms with Crippen LogP contribution in [0.4, 0.5) is 11.4 Å². The highest BCUT2D eigenvalue weighted by molar-refractivity contribution is 9.10. The first kappa shape index (κ1) is 25.3. The summed E-state index contributed by atoms with van der Waals surface area (Å²) in [6.45, 7) is 1.63. The topological polar surface area (TPSA) is 93.7 Å². The number of esters is 1. The maximum atomic E-state index is 12.6. The number of nitrogens with one attached hydrogen (secondary N) is 2. The van der Waals surface area contributed by atoms with Gasteiger partial charge in [0.05, 0.1) is 11.6 Å². The summed E-state index contributed by atoms with van der Waals surface area (Å²) in [7, 11) is 0. The predicted octanol–water partition coefficient (Wildman–Crippen LogP) is 6.08. The highest BCUT2D eigenvalue weighted by Crippen LogP contribution is 2.28. The van der Waals surface area contributed by atoms with Crippen LogP contribution in [0, 0.1) is 0 Å². The first-order valence-corrected chi connectivity index (χ1v) is 11.5. The average Bonchev–Trinajstić information content (AvgIpc) is 2.78. The van der Waals surface area contributed by atoms with Crippen molar-refractivity contribution in [3.8, 4) is 11.5 Å². The molecule has 0 aliphatic carbocycles. The van der Waals surface area contributed by atoms with Crippen molar-refractivity contribution >= 4 is 56.7 Å². The molecule has 0 atom stereocenters. The van der Waals surface area contributed by atoms with E-state index in [-0.39, 0.29) is 24.0 Å². The monoisotopic (exact) mass is 544 g/mol. The van der Waals surface area contributed by atoms with Gasteiger partial charge in [-0.15, -0.1) is 0 Å². The number of rotatable bonds is 9. The number of carbonyl (C=O) groups is 3. The molecule has 0 bridgehead atoms. The zero-order chi connectivity index (χ0) is 24.5. The van der Waals surface area contributed by atoms with Crippen LogP contribution >= 0.6 is 27.5 Å². The molecule has 2 amide bonds. The number of anilines is 2. The number of benzene rings is 3. The van der Waals surface area contributed by atoms with E-state index in [9.17, 15) is 14.4 Å². The van der Waals surface area contributed by atoms with Crippen LogP contribution < -0.4 is 20.1 Å². The molecular weight excluding hydrogens is 524 g/mol. The summed E-state index contributed by atoms with van der Waals surface area (Å²) in [5.74, 6) is -0.173. The molecule has 0 heterocycles. The summed E-state index contributed by atoms with van der Waals surface area (Å²) < 4.78 is 11.5. The second-order valence-corrected chi connectivity index (χ2v) is 8.55. The fourth-order valence-corrected chi connectivity index (χ4v) is 3.70. The van der Waals surface area contributed by atoms with E-state index < -0.39 is 5.97 Å². The largest absolute Gasteiger partial charge is 0.492 e. The molecule has 3 aromatic rings. The molecule has 0 saturated heterocycles. The fraction of sp³-hybridized carbons (Fsp3) is 0.160. The lowest BCUT2D eigenvalue weighted by Crippen LogP contribution is -2.14. The number of carbonyl (C=O) groups excluding carboxylic acids is 3. The molecule has 34 heavy (non-hydrogen) atoms. The van der Waals surface area contributed by atoms with Crippen LogP contribution in [-0.4, -0.2) is 24.4 Å². The van der Waals surface area contributed by atoms with Gasteiger partial charge in [-0.05, 0) is 61.0 Å². The van der Waals surface area contributed by atoms with Gasteiger partial charge in [0.15, 0.2) is 0 Å². The summed E-state index contributed by atoms with van der Waals surface area (Å²) in [6.07, 6.45) is 0.765. The van der Waals surface area contributed by atoms with Gasteiger partial charge in [-0.1, -0.05) is 39.7 Å². The van der Waals surface area contributed by atoms with Gasteiger partial charge in [0.2, 0.25) is 5.91 Å². The maximum absolute atomic E-state index is 12.6. The van der Waals surface area contributed by atoms with Crippen LogP contribution in [0.3, 0.4) is 0 Å². The van der Waals surface area contributed by atoms with Crippen molar-refractivity contribution in [2.24, 2.45) is 0 Å². The first-order valence-electron chi connectivity index (χ1n) is 10.4. The van der Waals surface area contributed by atoms with Crippen LogP contribution in [0.1, 0.15) is 30.1 Å². The lowest BCUT2D eigenvalue weighted by Gasteiger charge is -2.10. The molecule has 0 aliphatic heterocycles. The van der Waals surface area contributed by atoms with Crippen molar-refractivity contribution in [3.05, 3.63) is 81.8 Å².